The summed E-state index contributed by atoms with van der Waals surface area (Å²) in [6.07, 6.45) is 0. The molecule has 0 atom stereocenters. The third-order valence-corrected chi connectivity index (χ3v) is 2.85. The molecule has 0 radical (unpaired) electrons. The van der Waals surface area contributed by atoms with Gasteiger partial charge in [-0.2, -0.15) is 9.97 Å². The van der Waals surface area contributed by atoms with Gasteiger partial charge < -0.3 is 20.5 Å². The number of hydrogen-bond acceptors (Lipinski definition) is 6. The maximum Gasteiger partial charge on any atom is 0.225 e. The number of hydrogen-bond donors (Lipinski definition) is 2. The van der Waals surface area contributed by atoms with Gasteiger partial charge in [0.2, 0.25) is 11.8 Å². The molecule has 19 heavy (non-hydrogen) atoms. The van der Waals surface area contributed by atoms with E-state index in [0.717, 1.165) is 10.2 Å². The zero-order valence-corrected chi connectivity index (χ0v) is 12.1. The highest BCUT2D eigenvalue weighted by Gasteiger charge is 2.07. The van der Waals surface area contributed by atoms with E-state index in [1.807, 2.05) is 18.2 Å². The third-order valence-electron chi connectivity index (χ3n) is 2.35. The highest BCUT2D eigenvalue weighted by Crippen LogP contribution is 2.30. The molecule has 1 aromatic heterocycles. The van der Waals surface area contributed by atoms with Crippen molar-refractivity contribution in [1.29, 1.82) is 0 Å². The summed E-state index contributed by atoms with van der Waals surface area (Å²) >= 11 is 3.40. The van der Waals surface area contributed by atoms with E-state index in [4.69, 9.17) is 15.2 Å². The molecule has 0 aliphatic carbocycles. The van der Waals surface area contributed by atoms with Gasteiger partial charge in [0, 0.05) is 10.5 Å². The Morgan fingerprint density at radius 1 is 1.16 bits per heavy atom. The summed E-state index contributed by atoms with van der Waals surface area (Å²) < 4.78 is 11.2. The third kappa shape index (κ3) is 3.25. The molecule has 1 aromatic carbocycles. The zero-order valence-electron chi connectivity index (χ0n) is 10.5. The number of nitrogens with zero attached hydrogens (tertiary/aromatic N) is 2. The summed E-state index contributed by atoms with van der Waals surface area (Å²) in [5.74, 6) is 1.75. The number of methoxy groups -OCH3 is 2. The molecule has 0 bridgehead atoms. The van der Waals surface area contributed by atoms with Gasteiger partial charge in [-0.25, -0.2) is 0 Å². The van der Waals surface area contributed by atoms with Gasteiger partial charge in [0.15, 0.2) is 0 Å². The molecule has 1 heterocycles. The van der Waals surface area contributed by atoms with Crippen molar-refractivity contribution >= 4 is 33.4 Å². The van der Waals surface area contributed by atoms with Crippen molar-refractivity contribution in [2.75, 3.05) is 25.3 Å². The van der Waals surface area contributed by atoms with Crippen molar-refractivity contribution < 1.29 is 9.47 Å². The maximum absolute atomic E-state index is 5.61. The van der Waals surface area contributed by atoms with Crippen LogP contribution in [0.25, 0.3) is 0 Å². The quantitative estimate of drug-likeness (QED) is 0.899. The molecule has 0 aliphatic rings. The molecule has 0 amide bonds. The highest BCUT2D eigenvalue weighted by atomic mass is 79.9. The summed E-state index contributed by atoms with van der Waals surface area (Å²) in [4.78, 5) is 8.00. The number of rotatable bonds is 4. The second-order valence-electron chi connectivity index (χ2n) is 3.62. The number of benzene rings is 1. The molecular formula is C12H13BrN4O2. The van der Waals surface area contributed by atoms with Crippen LogP contribution >= 0.6 is 15.9 Å². The number of ether oxygens (including phenoxy) is 2. The van der Waals surface area contributed by atoms with E-state index in [2.05, 4.69) is 31.2 Å². The monoisotopic (exact) mass is 324 g/mol. The second-order valence-corrected chi connectivity index (χ2v) is 4.54. The van der Waals surface area contributed by atoms with Crippen LogP contribution in [0.3, 0.4) is 0 Å². The van der Waals surface area contributed by atoms with Crippen LogP contribution in [-0.4, -0.2) is 24.2 Å². The first-order chi connectivity index (χ1) is 9.12. The van der Waals surface area contributed by atoms with E-state index >= 15 is 0 Å². The lowest BCUT2D eigenvalue weighted by atomic mass is 10.3. The number of nitrogens with one attached hydrogen (secondary N) is 1. The molecule has 0 saturated heterocycles. The SMILES string of the molecule is COc1cc(Nc2cc(Br)ccc2OC)nc(N)n1. The van der Waals surface area contributed by atoms with E-state index in [0.29, 0.717) is 17.4 Å². The van der Waals surface area contributed by atoms with Crippen LogP contribution in [0, 0.1) is 0 Å². The lowest BCUT2D eigenvalue weighted by Gasteiger charge is -2.11. The fraction of sp³-hybridized carbons (Fsp3) is 0.167. The van der Waals surface area contributed by atoms with Crippen molar-refractivity contribution in [2.24, 2.45) is 0 Å². The van der Waals surface area contributed by atoms with E-state index in [1.165, 1.54) is 7.11 Å². The Hall–Kier alpha value is -2.02. The molecule has 2 aromatic rings. The van der Waals surface area contributed by atoms with Crippen molar-refractivity contribution in [3.63, 3.8) is 0 Å². The smallest absolute Gasteiger partial charge is 0.225 e. The van der Waals surface area contributed by atoms with Crippen LogP contribution < -0.4 is 20.5 Å². The minimum Gasteiger partial charge on any atom is -0.495 e. The molecule has 7 heteroatoms. The topological polar surface area (TPSA) is 82.3 Å². The fourth-order valence-electron chi connectivity index (χ4n) is 1.53. The van der Waals surface area contributed by atoms with Crippen LogP contribution in [0.2, 0.25) is 0 Å². The first kappa shape index (κ1) is 13.4. The molecule has 0 aliphatic heterocycles. The normalized spacial score (nSPS) is 10.1. The van der Waals surface area contributed by atoms with Crippen LogP contribution in [0.1, 0.15) is 0 Å². The van der Waals surface area contributed by atoms with E-state index in [-0.39, 0.29) is 5.95 Å². The summed E-state index contributed by atoms with van der Waals surface area (Å²) in [5.41, 5.74) is 6.37. The van der Waals surface area contributed by atoms with Gasteiger partial charge in [-0.3, -0.25) is 0 Å². The Morgan fingerprint density at radius 3 is 2.63 bits per heavy atom. The number of halogens is 1. The predicted molar refractivity (Wildman–Crippen MR) is 77.0 cm³/mol. The number of nitrogens with two attached hydrogens (primary N) is 1. The van der Waals surface area contributed by atoms with Crippen LogP contribution in [0.5, 0.6) is 11.6 Å². The molecule has 2 rings (SSSR count). The minimum absolute atomic E-state index is 0.135. The molecular weight excluding hydrogens is 312 g/mol. The van der Waals surface area contributed by atoms with Gasteiger partial charge in [0.05, 0.1) is 19.9 Å². The van der Waals surface area contributed by atoms with Gasteiger partial charge in [0.25, 0.3) is 0 Å². The van der Waals surface area contributed by atoms with Gasteiger partial charge >= 0.3 is 0 Å². The molecule has 3 N–H and O–H groups in total. The first-order valence-electron chi connectivity index (χ1n) is 5.41. The molecule has 6 nitrogen and oxygen atoms in total. The molecule has 0 saturated carbocycles. The Balaban J connectivity index is 2.35. The minimum atomic E-state index is 0.135. The maximum atomic E-state index is 5.61. The summed E-state index contributed by atoms with van der Waals surface area (Å²) in [6, 6.07) is 7.26. The highest BCUT2D eigenvalue weighted by molar-refractivity contribution is 9.10. The Bertz CT molecular complexity index is 592. The number of anilines is 3. The standard InChI is InChI=1S/C12H13BrN4O2/c1-18-9-4-3-7(13)5-8(9)15-10-6-11(19-2)17-12(14)16-10/h3-6H,1-2H3,(H3,14,15,16,17). The van der Waals surface area contributed by atoms with Gasteiger partial charge in [-0.15, -0.1) is 0 Å². The average Bonchev–Trinajstić information content (AvgIpc) is 2.38. The van der Waals surface area contributed by atoms with Gasteiger partial charge in [0.1, 0.15) is 11.6 Å². The summed E-state index contributed by atoms with van der Waals surface area (Å²) in [5, 5.41) is 3.11. The lowest BCUT2D eigenvalue weighted by Crippen LogP contribution is -2.02. The Morgan fingerprint density at radius 2 is 1.95 bits per heavy atom. The van der Waals surface area contributed by atoms with Gasteiger partial charge in [-0.05, 0) is 18.2 Å². The number of aromatic nitrogens is 2. The van der Waals surface area contributed by atoms with Crippen LogP contribution in [-0.2, 0) is 0 Å². The van der Waals surface area contributed by atoms with Crippen molar-refractivity contribution in [1.82, 2.24) is 9.97 Å². The van der Waals surface area contributed by atoms with E-state index in [1.54, 1.807) is 13.2 Å². The second kappa shape index (κ2) is 5.75. The number of nitrogen functional groups attached to an aromatic ring is 1. The van der Waals surface area contributed by atoms with Crippen LogP contribution in [0.4, 0.5) is 17.5 Å². The van der Waals surface area contributed by atoms with Gasteiger partial charge in [-0.1, -0.05) is 15.9 Å². The Kier molecular flexibility index (Phi) is 4.06. The van der Waals surface area contributed by atoms with Crippen molar-refractivity contribution in [3.8, 4) is 11.6 Å². The average molecular weight is 325 g/mol. The molecule has 0 spiro atoms. The molecule has 0 unspecified atom stereocenters. The van der Waals surface area contributed by atoms with Crippen molar-refractivity contribution in [2.45, 2.75) is 0 Å². The largest absolute Gasteiger partial charge is 0.495 e. The van der Waals surface area contributed by atoms with E-state index in [9.17, 15) is 0 Å². The fourth-order valence-corrected chi connectivity index (χ4v) is 1.89. The van der Waals surface area contributed by atoms with E-state index < -0.39 is 0 Å². The zero-order chi connectivity index (χ0) is 13.8. The summed E-state index contributed by atoms with van der Waals surface area (Å²) in [6.45, 7) is 0. The molecule has 0 fully saturated rings. The van der Waals surface area contributed by atoms with Crippen LogP contribution in [0.15, 0.2) is 28.7 Å². The first-order valence-corrected chi connectivity index (χ1v) is 6.21. The summed E-state index contributed by atoms with van der Waals surface area (Å²) in [7, 11) is 3.12. The Labute approximate surface area is 119 Å². The predicted octanol–water partition coefficient (Wildman–Crippen LogP) is 2.58. The van der Waals surface area contributed by atoms with Crippen molar-refractivity contribution in [3.05, 3.63) is 28.7 Å². The lowest BCUT2D eigenvalue weighted by molar-refractivity contribution is 0.398. The molecule has 100 valence electrons.